The molecule has 2 heterocycles. The Hall–Kier alpha value is -6.29. The predicted octanol–water partition coefficient (Wildman–Crippen LogP) is 13.4. The number of nitrogens with zero attached hydrogens (tertiary/aromatic N) is 1. The Morgan fingerprint density at radius 3 is 1.42 bits per heavy atom. The second kappa shape index (κ2) is 12.5. The van der Waals surface area contributed by atoms with Crippen LogP contribution in [-0.4, -0.2) is 0 Å². The highest BCUT2D eigenvalue weighted by molar-refractivity contribution is 7.99. The fourth-order valence-electron chi connectivity index (χ4n) is 8.06. The van der Waals surface area contributed by atoms with Crippen LogP contribution in [0.3, 0.4) is 0 Å². The first-order chi connectivity index (χ1) is 25.8. The predicted molar refractivity (Wildman–Crippen MR) is 215 cm³/mol. The molecule has 3 heteroatoms. The molecule has 2 aliphatic rings. The third-order valence-electron chi connectivity index (χ3n) is 10.4. The van der Waals surface area contributed by atoms with Crippen LogP contribution in [0.15, 0.2) is 210 Å². The maximum absolute atomic E-state index is 6.70. The molecule has 0 fully saturated rings. The van der Waals surface area contributed by atoms with Gasteiger partial charge in [-0.25, -0.2) is 0 Å². The number of benzene rings is 8. The lowest BCUT2D eigenvalue weighted by molar-refractivity contribution is 0.431. The molecular formula is C49H33NOS. The molecule has 0 radical (unpaired) electrons. The Morgan fingerprint density at radius 2 is 0.788 bits per heavy atom. The van der Waals surface area contributed by atoms with Crippen molar-refractivity contribution in [1.82, 2.24) is 0 Å². The van der Waals surface area contributed by atoms with Crippen molar-refractivity contribution in [2.24, 2.45) is 0 Å². The minimum atomic E-state index is -0.519. The fraction of sp³-hybridized carbons (Fsp3) is 0.0204. The van der Waals surface area contributed by atoms with E-state index >= 15 is 0 Å². The van der Waals surface area contributed by atoms with Crippen LogP contribution in [0, 0.1) is 0 Å². The standard InChI is InChI=1S/C49H33NOS/c1-3-13-34(14-4-1)35-23-28-39(29-24-35)50(38-15-5-2-6-16-38)40-30-25-36(26-31-40)37-27-32-46-44(33-37)49(41-17-7-10-20-45(41)51-46)42-18-8-11-21-47(42)52-48-22-12-9-19-43(48)49/h1-33H. The van der Waals surface area contributed by atoms with E-state index in [-0.39, 0.29) is 0 Å². The Balaban J connectivity index is 1.09. The quantitative estimate of drug-likeness (QED) is 0.179. The van der Waals surface area contributed by atoms with Gasteiger partial charge in [-0.1, -0.05) is 145 Å². The number of hydrogen-bond acceptors (Lipinski definition) is 3. The summed E-state index contributed by atoms with van der Waals surface area (Å²) in [5.74, 6) is 1.80. The maximum atomic E-state index is 6.70. The van der Waals surface area contributed by atoms with Gasteiger partial charge in [-0.2, -0.15) is 0 Å². The van der Waals surface area contributed by atoms with Gasteiger partial charge in [-0.3, -0.25) is 0 Å². The van der Waals surface area contributed by atoms with Gasteiger partial charge in [-0.15, -0.1) is 0 Å². The van der Waals surface area contributed by atoms with E-state index in [4.69, 9.17) is 4.74 Å². The highest BCUT2D eigenvalue weighted by Gasteiger charge is 2.49. The molecule has 0 amide bonds. The van der Waals surface area contributed by atoms with Crippen molar-refractivity contribution in [3.8, 4) is 33.8 Å². The lowest BCUT2D eigenvalue weighted by atomic mass is 9.63. The van der Waals surface area contributed by atoms with E-state index < -0.39 is 5.41 Å². The molecule has 8 aromatic carbocycles. The third kappa shape index (κ3) is 4.89. The highest BCUT2D eigenvalue weighted by atomic mass is 32.2. The summed E-state index contributed by atoms with van der Waals surface area (Å²) in [6.07, 6.45) is 0. The molecule has 1 spiro atoms. The fourth-order valence-corrected chi connectivity index (χ4v) is 9.25. The lowest BCUT2D eigenvalue weighted by Crippen LogP contribution is -2.36. The van der Waals surface area contributed by atoms with E-state index in [1.54, 1.807) is 0 Å². The van der Waals surface area contributed by atoms with Crippen molar-refractivity contribution in [2.45, 2.75) is 15.2 Å². The second-order valence-electron chi connectivity index (χ2n) is 13.3. The van der Waals surface area contributed by atoms with Crippen LogP contribution in [0.5, 0.6) is 11.5 Å². The van der Waals surface area contributed by atoms with E-state index in [0.29, 0.717) is 0 Å². The Kier molecular flexibility index (Phi) is 7.33. The van der Waals surface area contributed by atoms with Crippen LogP contribution in [0.2, 0.25) is 0 Å². The normalized spacial score (nSPS) is 13.2. The van der Waals surface area contributed by atoms with Gasteiger partial charge < -0.3 is 9.64 Å². The van der Waals surface area contributed by atoms with Crippen molar-refractivity contribution in [1.29, 1.82) is 0 Å². The topological polar surface area (TPSA) is 12.5 Å². The molecular weight excluding hydrogens is 651 g/mol. The first-order valence-electron chi connectivity index (χ1n) is 17.7. The highest BCUT2D eigenvalue weighted by Crippen LogP contribution is 2.61. The first-order valence-corrected chi connectivity index (χ1v) is 18.5. The van der Waals surface area contributed by atoms with E-state index in [1.807, 2.05) is 11.8 Å². The molecule has 0 atom stereocenters. The molecule has 0 bridgehead atoms. The van der Waals surface area contributed by atoms with Crippen molar-refractivity contribution in [3.63, 3.8) is 0 Å². The van der Waals surface area contributed by atoms with Gasteiger partial charge in [0.05, 0.1) is 5.41 Å². The molecule has 0 unspecified atom stereocenters. The summed E-state index contributed by atoms with van der Waals surface area (Å²) < 4.78 is 6.70. The van der Waals surface area contributed by atoms with Gasteiger partial charge >= 0.3 is 0 Å². The summed E-state index contributed by atoms with van der Waals surface area (Å²) in [5, 5.41) is 0. The summed E-state index contributed by atoms with van der Waals surface area (Å²) in [6.45, 7) is 0. The van der Waals surface area contributed by atoms with Crippen LogP contribution < -0.4 is 9.64 Å². The number of para-hydroxylation sites is 2. The number of ether oxygens (including phenoxy) is 1. The maximum Gasteiger partial charge on any atom is 0.132 e. The monoisotopic (exact) mass is 683 g/mol. The van der Waals surface area contributed by atoms with Gasteiger partial charge in [0, 0.05) is 38.0 Å². The molecule has 52 heavy (non-hydrogen) atoms. The largest absolute Gasteiger partial charge is 0.457 e. The average molecular weight is 684 g/mol. The Labute approximate surface area is 308 Å². The van der Waals surface area contributed by atoms with Crippen LogP contribution in [0.4, 0.5) is 17.1 Å². The van der Waals surface area contributed by atoms with Gasteiger partial charge in [0.1, 0.15) is 11.5 Å². The number of fused-ring (bicyclic) bond motifs is 8. The van der Waals surface area contributed by atoms with Crippen molar-refractivity contribution in [3.05, 3.63) is 222 Å². The summed E-state index contributed by atoms with van der Waals surface area (Å²) in [7, 11) is 0. The van der Waals surface area contributed by atoms with Gasteiger partial charge in [0.15, 0.2) is 0 Å². The molecule has 2 aliphatic heterocycles. The van der Waals surface area contributed by atoms with Crippen LogP contribution in [0.1, 0.15) is 22.3 Å². The zero-order valence-corrected chi connectivity index (χ0v) is 29.1. The second-order valence-corrected chi connectivity index (χ2v) is 14.4. The number of rotatable bonds is 5. The smallest absolute Gasteiger partial charge is 0.132 e. The lowest BCUT2D eigenvalue weighted by Gasteiger charge is -2.45. The summed E-state index contributed by atoms with van der Waals surface area (Å²) in [5.41, 5.74) is 12.4. The zero-order chi connectivity index (χ0) is 34.5. The van der Waals surface area contributed by atoms with E-state index in [9.17, 15) is 0 Å². The van der Waals surface area contributed by atoms with Gasteiger partial charge in [0.25, 0.3) is 0 Å². The van der Waals surface area contributed by atoms with Crippen LogP contribution >= 0.6 is 11.8 Å². The summed E-state index contributed by atoms with van der Waals surface area (Å²) in [4.78, 5) is 4.87. The molecule has 0 N–H and O–H groups in total. The van der Waals surface area contributed by atoms with E-state index in [1.165, 1.54) is 37.6 Å². The summed E-state index contributed by atoms with van der Waals surface area (Å²) >= 11 is 1.85. The Morgan fingerprint density at radius 1 is 0.346 bits per heavy atom. The van der Waals surface area contributed by atoms with E-state index in [2.05, 4.69) is 205 Å². The first kappa shape index (κ1) is 30.5. The van der Waals surface area contributed by atoms with Crippen molar-refractivity contribution in [2.75, 3.05) is 4.90 Å². The molecule has 246 valence electrons. The number of anilines is 3. The van der Waals surface area contributed by atoms with E-state index in [0.717, 1.165) is 45.3 Å². The van der Waals surface area contributed by atoms with Crippen molar-refractivity contribution >= 4 is 28.8 Å². The molecule has 0 saturated heterocycles. The number of hydrogen-bond donors (Lipinski definition) is 0. The third-order valence-corrected chi connectivity index (χ3v) is 11.6. The zero-order valence-electron chi connectivity index (χ0n) is 28.3. The summed E-state index contributed by atoms with van der Waals surface area (Å²) in [6, 6.07) is 71.9. The van der Waals surface area contributed by atoms with Crippen LogP contribution in [0.25, 0.3) is 22.3 Å². The molecule has 2 nitrogen and oxygen atoms in total. The molecule has 0 aromatic heterocycles. The molecule has 10 rings (SSSR count). The van der Waals surface area contributed by atoms with Crippen LogP contribution in [-0.2, 0) is 5.41 Å². The van der Waals surface area contributed by atoms with Crippen molar-refractivity contribution < 1.29 is 4.74 Å². The molecule has 0 saturated carbocycles. The molecule has 8 aromatic rings. The van der Waals surface area contributed by atoms with Gasteiger partial charge in [-0.05, 0) is 100 Å². The average Bonchev–Trinajstić information content (AvgIpc) is 3.22. The molecule has 0 aliphatic carbocycles. The minimum absolute atomic E-state index is 0.519. The SMILES string of the molecule is c1ccc(-c2ccc(N(c3ccccc3)c3ccc(-c4ccc5c(c4)C4(c6ccccc6O5)c5ccccc5Sc5ccccc54)cc3)cc2)cc1. The van der Waals surface area contributed by atoms with Gasteiger partial charge in [0.2, 0.25) is 0 Å². The minimum Gasteiger partial charge on any atom is -0.457 e. The Bertz CT molecular complexity index is 2460.